The van der Waals surface area contributed by atoms with Crippen molar-refractivity contribution in [3.05, 3.63) is 42.6 Å². The summed E-state index contributed by atoms with van der Waals surface area (Å²) in [5.74, 6) is 0.949. The zero-order chi connectivity index (χ0) is 17.5. The van der Waals surface area contributed by atoms with Gasteiger partial charge in [-0.05, 0) is 18.6 Å². The van der Waals surface area contributed by atoms with Crippen molar-refractivity contribution in [3.8, 4) is 0 Å². The van der Waals surface area contributed by atoms with E-state index in [-0.39, 0.29) is 12.1 Å². The van der Waals surface area contributed by atoms with Crippen molar-refractivity contribution in [2.24, 2.45) is 0 Å². The van der Waals surface area contributed by atoms with Gasteiger partial charge < -0.3 is 24.8 Å². The first-order chi connectivity index (χ1) is 12.2. The fraction of sp³-hybridized carbons (Fsp3) is 0.471. The van der Waals surface area contributed by atoms with Gasteiger partial charge in [-0.3, -0.25) is 0 Å². The van der Waals surface area contributed by atoms with Crippen molar-refractivity contribution < 1.29 is 9.53 Å². The van der Waals surface area contributed by atoms with Crippen LogP contribution in [0.4, 0.5) is 10.6 Å². The van der Waals surface area contributed by atoms with E-state index in [1.165, 1.54) is 0 Å². The summed E-state index contributed by atoms with van der Waals surface area (Å²) in [6, 6.07) is 3.80. The highest BCUT2D eigenvalue weighted by Crippen LogP contribution is 2.12. The Labute approximate surface area is 147 Å². The number of carbonyl (C=O) groups is 1. The van der Waals surface area contributed by atoms with Crippen LogP contribution >= 0.6 is 0 Å². The van der Waals surface area contributed by atoms with Crippen LogP contribution in [0.3, 0.4) is 0 Å². The summed E-state index contributed by atoms with van der Waals surface area (Å²) in [5.41, 5.74) is 0.967. The maximum atomic E-state index is 12.0. The van der Waals surface area contributed by atoms with E-state index in [9.17, 15) is 4.79 Å². The molecule has 0 aromatic carbocycles. The van der Waals surface area contributed by atoms with Gasteiger partial charge in [-0.1, -0.05) is 6.07 Å². The van der Waals surface area contributed by atoms with Crippen LogP contribution in [0.15, 0.2) is 37.1 Å². The molecule has 2 aromatic rings. The minimum Gasteiger partial charge on any atom is -0.378 e. The molecule has 2 amide bonds. The summed E-state index contributed by atoms with van der Waals surface area (Å²) in [4.78, 5) is 22.6. The molecule has 0 spiro atoms. The second-order valence-electron chi connectivity index (χ2n) is 6.11. The van der Waals surface area contributed by atoms with E-state index < -0.39 is 0 Å². The molecular formula is C17H24N6O2. The Morgan fingerprint density at radius 3 is 2.88 bits per heavy atom. The molecule has 0 bridgehead atoms. The fourth-order valence-corrected chi connectivity index (χ4v) is 2.71. The summed E-state index contributed by atoms with van der Waals surface area (Å²) in [7, 11) is 0. The Morgan fingerprint density at radius 1 is 1.36 bits per heavy atom. The minimum atomic E-state index is -0.190. The number of imidazole rings is 1. The number of nitrogens with zero attached hydrogens (tertiary/aromatic N) is 4. The van der Waals surface area contributed by atoms with Crippen molar-refractivity contribution >= 4 is 11.8 Å². The van der Waals surface area contributed by atoms with Crippen molar-refractivity contribution in [2.45, 2.75) is 26.1 Å². The van der Waals surface area contributed by atoms with Gasteiger partial charge in [-0.15, -0.1) is 0 Å². The third-order valence-corrected chi connectivity index (χ3v) is 4.02. The van der Waals surface area contributed by atoms with E-state index in [1.807, 2.05) is 29.8 Å². The molecule has 1 aliphatic rings. The maximum absolute atomic E-state index is 12.0. The lowest BCUT2D eigenvalue weighted by Gasteiger charge is -2.27. The Balaban J connectivity index is 1.42. The number of amides is 2. The maximum Gasteiger partial charge on any atom is 0.315 e. The molecule has 0 saturated carbocycles. The predicted octanol–water partition coefficient (Wildman–Crippen LogP) is 1.00. The van der Waals surface area contributed by atoms with Crippen LogP contribution in [-0.4, -0.2) is 52.9 Å². The fourth-order valence-electron chi connectivity index (χ4n) is 2.71. The Kier molecular flexibility index (Phi) is 5.84. The van der Waals surface area contributed by atoms with Gasteiger partial charge in [0.1, 0.15) is 5.82 Å². The van der Waals surface area contributed by atoms with Crippen LogP contribution in [0.5, 0.6) is 0 Å². The Bertz CT molecular complexity index is 652. The normalized spacial score (nSPS) is 15.6. The van der Waals surface area contributed by atoms with E-state index in [0.29, 0.717) is 13.1 Å². The first kappa shape index (κ1) is 17.2. The van der Waals surface area contributed by atoms with E-state index >= 15 is 0 Å². The molecule has 1 fully saturated rings. The number of hydrogen-bond donors (Lipinski definition) is 2. The molecule has 3 rings (SSSR count). The molecule has 8 heteroatoms. The van der Waals surface area contributed by atoms with E-state index in [0.717, 1.165) is 37.7 Å². The average Bonchev–Trinajstić information content (AvgIpc) is 3.14. The lowest BCUT2D eigenvalue weighted by atomic mass is 10.2. The van der Waals surface area contributed by atoms with Crippen molar-refractivity contribution in [3.63, 3.8) is 0 Å². The second-order valence-corrected chi connectivity index (χ2v) is 6.11. The number of morpholine rings is 1. The second kappa shape index (κ2) is 8.48. The van der Waals surface area contributed by atoms with Crippen molar-refractivity contribution in [1.29, 1.82) is 0 Å². The molecule has 2 aromatic heterocycles. The Morgan fingerprint density at radius 2 is 2.20 bits per heavy atom. The van der Waals surface area contributed by atoms with Gasteiger partial charge in [0.05, 0.1) is 19.5 Å². The molecule has 1 saturated heterocycles. The third-order valence-electron chi connectivity index (χ3n) is 4.02. The lowest BCUT2D eigenvalue weighted by Crippen LogP contribution is -2.42. The van der Waals surface area contributed by atoms with Crippen LogP contribution < -0.4 is 15.5 Å². The SMILES string of the molecule is CC(Cn1ccnc1)NC(=O)NCc1ccc(N2CCOCC2)nc1. The minimum absolute atomic E-state index is 0.0102. The zero-order valence-electron chi connectivity index (χ0n) is 14.4. The molecule has 134 valence electrons. The topological polar surface area (TPSA) is 84.3 Å². The number of pyridine rings is 1. The third kappa shape index (κ3) is 5.18. The van der Waals surface area contributed by atoms with Crippen molar-refractivity contribution in [2.75, 3.05) is 31.2 Å². The van der Waals surface area contributed by atoms with Gasteiger partial charge in [0, 0.05) is 50.8 Å². The largest absolute Gasteiger partial charge is 0.378 e. The van der Waals surface area contributed by atoms with Crippen LogP contribution in [0.2, 0.25) is 0 Å². The van der Waals surface area contributed by atoms with Crippen molar-refractivity contribution in [1.82, 2.24) is 25.2 Å². The lowest BCUT2D eigenvalue weighted by molar-refractivity contribution is 0.122. The summed E-state index contributed by atoms with van der Waals surface area (Å²) in [5, 5.41) is 5.77. The number of urea groups is 1. The molecule has 0 aliphatic carbocycles. The average molecular weight is 344 g/mol. The highest BCUT2D eigenvalue weighted by atomic mass is 16.5. The monoisotopic (exact) mass is 344 g/mol. The number of anilines is 1. The highest BCUT2D eigenvalue weighted by molar-refractivity contribution is 5.74. The number of hydrogen-bond acceptors (Lipinski definition) is 5. The van der Waals surface area contributed by atoms with Gasteiger partial charge in [0.15, 0.2) is 0 Å². The smallest absolute Gasteiger partial charge is 0.315 e. The molecule has 2 N–H and O–H groups in total. The highest BCUT2D eigenvalue weighted by Gasteiger charge is 2.12. The number of carbonyl (C=O) groups excluding carboxylic acids is 1. The Hall–Kier alpha value is -2.61. The van der Waals surface area contributed by atoms with E-state index in [1.54, 1.807) is 18.7 Å². The molecule has 0 radical (unpaired) electrons. The number of aromatic nitrogens is 3. The first-order valence-corrected chi connectivity index (χ1v) is 8.48. The first-order valence-electron chi connectivity index (χ1n) is 8.48. The summed E-state index contributed by atoms with van der Waals surface area (Å²) in [6.07, 6.45) is 7.13. The summed E-state index contributed by atoms with van der Waals surface area (Å²) >= 11 is 0. The summed E-state index contributed by atoms with van der Waals surface area (Å²) in [6.45, 7) is 6.29. The van der Waals surface area contributed by atoms with E-state index in [2.05, 4.69) is 25.5 Å². The quantitative estimate of drug-likeness (QED) is 0.817. The van der Waals surface area contributed by atoms with Gasteiger partial charge in [-0.25, -0.2) is 14.8 Å². The van der Waals surface area contributed by atoms with Crippen LogP contribution in [-0.2, 0) is 17.8 Å². The van der Waals surface area contributed by atoms with Gasteiger partial charge >= 0.3 is 6.03 Å². The number of nitrogens with one attached hydrogen (secondary N) is 2. The predicted molar refractivity (Wildman–Crippen MR) is 94.3 cm³/mol. The van der Waals surface area contributed by atoms with Crippen LogP contribution in [0.25, 0.3) is 0 Å². The molecule has 3 heterocycles. The zero-order valence-corrected chi connectivity index (χ0v) is 14.4. The molecule has 1 atom stereocenters. The molecule has 1 aliphatic heterocycles. The standard InChI is InChI=1S/C17H24N6O2/c1-14(12-22-5-4-18-13-22)21-17(24)20-11-15-2-3-16(19-10-15)23-6-8-25-9-7-23/h2-5,10,13-14H,6-9,11-12H2,1H3,(H2,20,21,24). The van der Waals surface area contributed by atoms with Gasteiger partial charge in [0.2, 0.25) is 0 Å². The van der Waals surface area contributed by atoms with Crippen LogP contribution in [0, 0.1) is 0 Å². The molecule has 8 nitrogen and oxygen atoms in total. The molecular weight excluding hydrogens is 320 g/mol. The van der Waals surface area contributed by atoms with Gasteiger partial charge in [-0.2, -0.15) is 0 Å². The molecule has 25 heavy (non-hydrogen) atoms. The molecule has 1 unspecified atom stereocenters. The van der Waals surface area contributed by atoms with E-state index in [4.69, 9.17) is 4.74 Å². The van der Waals surface area contributed by atoms with Crippen LogP contribution in [0.1, 0.15) is 12.5 Å². The van der Waals surface area contributed by atoms with Gasteiger partial charge in [0.25, 0.3) is 0 Å². The number of rotatable bonds is 6. The number of ether oxygens (including phenoxy) is 1. The summed E-state index contributed by atoms with van der Waals surface area (Å²) < 4.78 is 7.28.